The second kappa shape index (κ2) is 8.03. The molecule has 8 heteroatoms. The molecule has 3 N–H and O–H groups in total. The van der Waals surface area contributed by atoms with Crippen LogP contribution in [0, 0.1) is 5.92 Å². The van der Waals surface area contributed by atoms with Crippen molar-refractivity contribution in [2.24, 2.45) is 11.7 Å². The number of halogens is 3. The summed E-state index contributed by atoms with van der Waals surface area (Å²) in [4.78, 5) is 12.1. The van der Waals surface area contributed by atoms with Crippen LogP contribution in [0.2, 0.25) is 15.1 Å². The van der Waals surface area contributed by atoms with Crippen molar-refractivity contribution in [2.45, 2.75) is 19.9 Å². The number of rotatable bonds is 6. The molecule has 1 atom stereocenters. The van der Waals surface area contributed by atoms with E-state index in [0.717, 1.165) is 0 Å². The molecule has 0 radical (unpaired) electrons. The van der Waals surface area contributed by atoms with E-state index in [9.17, 15) is 4.79 Å². The smallest absolute Gasteiger partial charge is 0.258 e. The average Bonchev–Trinajstić information content (AvgIpc) is 2.33. The number of hydrogen-bond acceptors (Lipinski definition) is 3. The number of nitrogens with one attached hydrogen (secondary N) is 1. The van der Waals surface area contributed by atoms with Gasteiger partial charge in [-0.3, -0.25) is 4.79 Å². The Morgan fingerprint density at radius 1 is 1.33 bits per heavy atom. The summed E-state index contributed by atoms with van der Waals surface area (Å²) < 4.78 is 5.33. The minimum atomic E-state index is -0.396. The van der Waals surface area contributed by atoms with Gasteiger partial charge in [-0.25, -0.2) is 0 Å². The molecule has 1 rings (SSSR count). The van der Waals surface area contributed by atoms with Crippen LogP contribution in [0.1, 0.15) is 13.8 Å². The highest BCUT2D eigenvalue weighted by atomic mass is 35.5. The molecular weight excluding hydrogens is 355 g/mol. The lowest BCUT2D eigenvalue weighted by Crippen LogP contribution is -2.48. The molecule has 21 heavy (non-hydrogen) atoms. The number of benzene rings is 1. The number of nitrogens with two attached hydrogens (primary N) is 1. The summed E-state index contributed by atoms with van der Waals surface area (Å²) >= 11 is 22.6. The van der Waals surface area contributed by atoms with Gasteiger partial charge < -0.3 is 15.8 Å². The van der Waals surface area contributed by atoms with E-state index in [-0.39, 0.29) is 39.2 Å². The highest BCUT2D eigenvalue weighted by molar-refractivity contribution is 7.80. The molecule has 4 nitrogen and oxygen atoms in total. The summed E-state index contributed by atoms with van der Waals surface area (Å²) in [5.74, 6) is -0.0907. The van der Waals surface area contributed by atoms with Gasteiger partial charge >= 0.3 is 0 Å². The third-order valence-electron chi connectivity index (χ3n) is 2.60. The number of carbonyl (C=O) groups excluding carboxylic acids is 1. The maximum Gasteiger partial charge on any atom is 0.258 e. The van der Waals surface area contributed by atoms with Crippen LogP contribution in [0.25, 0.3) is 0 Å². The lowest BCUT2D eigenvalue weighted by Gasteiger charge is -2.21. The first-order chi connectivity index (χ1) is 9.72. The van der Waals surface area contributed by atoms with Gasteiger partial charge in [0.1, 0.15) is 0 Å². The minimum Gasteiger partial charge on any atom is -0.481 e. The van der Waals surface area contributed by atoms with Crippen LogP contribution in [0.5, 0.6) is 5.75 Å². The SMILES string of the molecule is CC(C)C(NC(=O)COc1c(Cl)cc(Cl)cc1Cl)C(N)=S. The van der Waals surface area contributed by atoms with Crippen molar-refractivity contribution in [3.63, 3.8) is 0 Å². The molecule has 0 aliphatic rings. The fraction of sp³-hybridized carbons (Fsp3) is 0.385. The molecule has 1 aromatic rings. The van der Waals surface area contributed by atoms with Crippen molar-refractivity contribution in [1.29, 1.82) is 0 Å². The average molecular weight is 370 g/mol. The number of hydrogen-bond donors (Lipinski definition) is 2. The van der Waals surface area contributed by atoms with Gasteiger partial charge in [0.25, 0.3) is 5.91 Å². The maximum atomic E-state index is 11.9. The summed E-state index contributed by atoms with van der Waals surface area (Å²) in [5, 5.41) is 3.54. The Labute approximate surface area is 143 Å². The van der Waals surface area contributed by atoms with Crippen LogP contribution in [-0.2, 0) is 4.79 Å². The molecule has 0 aliphatic carbocycles. The van der Waals surface area contributed by atoms with Gasteiger partial charge in [0.05, 0.1) is 21.1 Å². The van der Waals surface area contributed by atoms with Gasteiger partial charge in [-0.1, -0.05) is 60.9 Å². The lowest BCUT2D eigenvalue weighted by molar-refractivity contribution is -0.123. The maximum absolute atomic E-state index is 11.9. The van der Waals surface area contributed by atoms with Gasteiger partial charge in [-0.05, 0) is 18.1 Å². The van der Waals surface area contributed by atoms with E-state index in [0.29, 0.717) is 5.02 Å². The van der Waals surface area contributed by atoms with Crippen molar-refractivity contribution in [3.8, 4) is 5.75 Å². The zero-order valence-electron chi connectivity index (χ0n) is 11.5. The third-order valence-corrected chi connectivity index (χ3v) is 3.63. The number of thiocarbonyl (C=S) groups is 1. The van der Waals surface area contributed by atoms with Crippen molar-refractivity contribution in [2.75, 3.05) is 6.61 Å². The number of amides is 1. The molecule has 0 aliphatic heterocycles. The molecule has 0 bridgehead atoms. The van der Waals surface area contributed by atoms with E-state index in [1.165, 1.54) is 12.1 Å². The van der Waals surface area contributed by atoms with Gasteiger partial charge in [0.2, 0.25) is 0 Å². The quantitative estimate of drug-likeness (QED) is 0.754. The summed E-state index contributed by atoms with van der Waals surface area (Å²) in [6, 6.07) is 2.56. The fourth-order valence-corrected chi connectivity index (χ4v) is 2.84. The van der Waals surface area contributed by atoms with E-state index in [1.54, 1.807) is 0 Å². The first-order valence-corrected chi connectivity index (χ1v) is 7.62. The Morgan fingerprint density at radius 3 is 2.29 bits per heavy atom. The summed E-state index contributed by atoms with van der Waals surface area (Å²) in [7, 11) is 0. The predicted octanol–water partition coefficient (Wildman–Crippen LogP) is 3.45. The molecule has 0 saturated carbocycles. The molecule has 0 saturated heterocycles. The first kappa shape index (κ1) is 18.3. The van der Waals surface area contributed by atoms with Crippen molar-refractivity contribution in [3.05, 3.63) is 27.2 Å². The van der Waals surface area contributed by atoms with Crippen LogP contribution in [0.15, 0.2) is 12.1 Å². The first-order valence-electron chi connectivity index (χ1n) is 6.08. The molecular formula is C13H15Cl3N2O2S. The topological polar surface area (TPSA) is 64.3 Å². The predicted molar refractivity (Wildman–Crippen MR) is 90.5 cm³/mol. The Morgan fingerprint density at radius 2 is 1.86 bits per heavy atom. The zero-order chi connectivity index (χ0) is 16.2. The van der Waals surface area contributed by atoms with Crippen molar-refractivity contribution in [1.82, 2.24) is 5.32 Å². The molecule has 0 heterocycles. The normalized spacial score (nSPS) is 12.1. The molecule has 1 aromatic carbocycles. The van der Waals surface area contributed by atoms with Gasteiger partial charge in [0, 0.05) is 5.02 Å². The Balaban J connectivity index is 2.67. The van der Waals surface area contributed by atoms with Gasteiger partial charge in [0.15, 0.2) is 12.4 Å². The number of carbonyl (C=O) groups is 1. The fourth-order valence-electron chi connectivity index (χ4n) is 1.59. The molecule has 1 unspecified atom stereocenters. The van der Waals surface area contributed by atoms with Crippen molar-refractivity contribution >= 4 is 57.9 Å². The van der Waals surface area contributed by atoms with E-state index in [4.69, 9.17) is 57.5 Å². The van der Waals surface area contributed by atoms with Crippen molar-refractivity contribution < 1.29 is 9.53 Å². The molecule has 0 fully saturated rings. The molecule has 0 spiro atoms. The zero-order valence-corrected chi connectivity index (χ0v) is 14.5. The lowest BCUT2D eigenvalue weighted by atomic mass is 10.0. The number of ether oxygens (including phenoxy) is 1. The molecule has 1 amide bonds. The summed E-state index contributed by atoms with van der Waals surface area (Å²) in [6.07, 6.45) is 0. The Kier molecular flexibility index (Phi) is 7.00. The highest BCUT2D eigenvalue weighted by Gasteiger charge is 2.19. The summed E-state index contributed by atoms with van der Waals surface area (Å²) in [6.45, 7) is 3.54. The third kappa shape index (κ3) is 5.51. The van der Waals surface area contributed by atoms with E-state index in [2.05, 4.69) is 5.32 Å². The standard InChI is InChI=1S/C13H15Cl3N2O2S/c1-6(2)11(13(17)21)18-10(19)5-20-12-8(15)3-7(14)4-9(12)16/h3-4,6,11H,5H2,1-2H3,(H2,17,21)(H,18,19). The second-order valence-electron chi connectivity index (χ2n) is 4.68. The Bertz CT molecular complexity index is 529. The monoisotopic (exact) mass is 368 g/mol. The minimum absolute atomic E-state index is 0.0779. The summed E-state index contributed by atoms with van der Waals surface area (Å²) in [5.41, 5.74) is 5.58. The van der Waals surface area contributed by atoms with E-state index >= 15 is 0 Å². The largest absolute Gasteiger partial charge is 0.481 e. The molecule has 116 valence electrons. The van der Waals surface area contributed by atoms with Gasteiger partial charge in [-0.2, -0.15) is 0 Å². The van der Waals surface area contributed by atoms with Crippen LogP contribution >= 0.6 is 47.0 Å². The van der Waals surface area contributed by atoms with Gasteiger partial charge in [-0.15, -0.1) is 0 Å². The van der Waals surface area contributed by atoms with Crippen LogP contribution < -0.4 is 15.8 Å². The Hall–Kier alpha value is -0.750. The van der Waals surface area contributed by atoms with E-state index < -0.39 is 6.04 Å². The van der Waals surface area contributed by atoms with Crippen LogP contribution in [0.4, 0.5) is 0 Å². The second-order valence-corrected chi connectivity index (χ2v) is 6.40. The highest BCUT2D eigenvalue weighted by Crippen LogP contribution is 2.35. The van der Waals surface area contributed by atoms with E-state index in [1.807, 2.05) is 13.8 Å². The van der Waals surface area contributed by atoms with Crippen LogP contribution in [0.3, 0.4) is 0 Å². The van der Waals surface area contributed by atoms with Crippen LogP contribution in [-0.4, -0.2) is 23.5 Å². The molecule has 0 aromatic heterocycles.